The summed E-state index contributed by atoms with van der Waals surface area (Å²) in [7, 11) is 1.65. The first-order chi connectivity index (χ1) is 11.2. The molecule has 1 aliphatic carbocycles. The minimum Gasteiger partial charge on any atom is -0.497 e. The number of anilines is 1. The summed E-state index contributed by atoms with van der Waals surface area (Å²) < 4.78 is 5.13. The van der Waals surface area contributed by atoms with Crippen LogP contribution in [0, 0.1) is 0 Å². The van der Waals surface area contributed by atoms with E-state index in [2.05, 4.69) is 15.6 Å². The quantitative estimate of drug-likeness (QED) is 0.825. The monoisotopic (exact) mass is 311 g/mol. The number of rotatable bonds is 7. The maximum Gasteiger partial charge on any atom is 0.251 e. The molecule has 0 spiro atoms. The van der Waals surface area contributed by atoms with Crippen molar-refractivity contribution in [3.05, 3.63) is 53.7 Å². The molecule has 1 saturated carbocycles. The zero-order chi connectivity index (χ0) is 16.1. The molecule has 5 heteroatoms. The van der Waals surface area contributed by atoms with E-state index in [4.69, 9.17) is 4.74 Å². The van der Waals surface area contributed by atoms with Crippen LogP contribution in [-0.2, 0) is 6.42 Å². The number of methoxy groups -OCH3 is 1. The first kappa shape index (κ1) is 15.3. The van der Waals surface area contributed by atoms with Crippen molar-refractivity contribution in [2.75, 3.05) is 19.0 Å². The number of nitrogens with zero attached hydrogens (tertiary/aromatic N) is 1. The topological polar surface area (TPSA) is 63.2 Å². The van der Waals surface area contributed by atoms with Crippen LogP contribution in [0.2, 0.25) is 0 Å². The molecule has 5 nitrogen and oxygen atoms in total. The summed E-state index contributed by atoms with van der Waals surface area (Å²) in [5.41, 5.74) is 1.80. The smallest absolute Gasteiger partial charge is 0.251 e. The molecule has 1 fully saturated rings. The summed E-state index contributed by atoms with van der Waals surface area (Å²) in [6.45, 7) is 0.596. The lowest BCUT2D eigenvalue weighted by Gasteiger charge is -2.08. The Labute approximate surface area is 136 Å². The number of carbonyl (C=O) groups excluding carboxylic acids is 1. The average Bonchev–Trinajstić information content (AvgIpc) is 3.39. The second-order valence-electron chi connectivity index (χ2n) is 5.70. The number of aromatic nitrogens is 1. The van der Waals surface area contributed by atoms with E-state index in [9.17, 15) is 4.79 Å². The predicted octanol–water partition coefficient (Wildman–Crippen LogP) is 2.64. The van der Waals surface area contributed by atoms with Gasteiger partial charge in [0.2, 0.25) is 0 Å². The molecule has 0 atom stereocenters. The first-order valence-electron chi connectivity index (χ1n) is 7.88. The summed E-state index contributed by atoms with van der Waals surface area (Å²) in [5, 5.41) is 6.25. The second kappa shape index (κ2) is 7.13. The molecule has 0 unspecified atom stereocenters. The normalized spacial score (nSPS) is 13.4. The molecule has 1 aliphatic rings. The Balaban J connectivity index is 1.50. The zero-order valence-corrected chi connectivity index (χ0v) is 13.2. The highest BCUT2D eigenvalue weighted by molar-refractivity contribution is 5.94. The van der Waals surface area contributed by atoms with Crippen LogP contribution >= 0.6 is 0 Å². The van der Waals surface area contributed by atoms with Crippen molar-refractivity contribution in [1.82, 2.24) is 10.3 Å². The fraction of sp³-hybridized carbons (Fsp3) is 0.333. The maximum absolute atomic E-state index is 12.2. The molecular formula is C18H21N3O2. The predicted molar refractivity (Wildman–Crippen MR) is 89.9 cm³/mol. The number of carbonyl (C=O) groups is 1. The van der Waals surface area contributed by atoms with Gasteiger partial charge in [-0.2, -0.15) is 0 Å². The number of hydrogen-bond donors (Lipinski definition) is 2. The molecule has 0 saturated heterocycles. The van der Waals surface area contributed by atoms with Gasteiger partial charge in [0.1, 0.15) is 11.6 Å². The van der Waals surface area contributed by atoms with Gasteiger partial charge in [-0.1, -0.05) is 12.1 Å². The number of amides is 1. The van der Waals surface area contributed by atoms with E-state index < -0.39 is 0 Å². The van der Waals surface area contributed by atoms with E-state index in [1.54, 1.807) is 25.4 Å². The van der Waals surface area contributed by atoms with Crippen molar-refractivity contribution in [2.45, 2.75) is 25.3 Å². The minimum absolute atomic E-state index is 0.0697. The second-order valence-corrected chi connectivity index (χ2v) is 5.70. The summed E-state index contributed by atoms with van der Waals surface area (Å²) in [6, 6.07) is 11.9. The van der Waals surface area contributed by atoms with Gasteiger partial charge in [-0.15, -0.1) is 0 Å². The Morgan fingerprint density at radius 3 is 2.74 bits per heavy atom. The molecule has 0 radical (unpaired) electrons. The Hall–Kier alpha value is -2.56. The van der Waals surface area contributed by atoms with Crippen LogP contribution in [-0.4, -0.2) is 30.6 Å². The van der Waals surface area contributed by atoms with Crippen molar-refractivity contribution in [3.8, 4) is 5.75 Å². The number of ether oxygens (including phenoxy) is 1. The van der Waals surface area contributed by atoms with Crippen LogP contribution in [0.15, 0.2) is 42.6 Å². The lowest BCUT2D eigenvalue weighted by Crippen LogP contribution is -2.25. The summed E-state index contributed by atoms with van der Waals surface area (Å²) in [6.07, 6.45) is 4.82. The maximum atomic E-state index is 12.2. The molecule has 2 N–H and O–H groups in total. The number of nitrogens with one attached hydrogen (secondary N) is 2. The molecule has 3 rings (SSSR count). The molecule has 2 aromatic rings. The highest BCUT2D eigenvalue weighted by Gasteiger charge is 2.21. The van der Waals surface area contributed by atoms with Gasteiger partial charge in [0.05, 0.1) is 7.11 Å². The van der Waals surface area contributed by atoms with Crippen molar-refractivity contribution in [2.24, 2.45) is 0 Å². The number of benzene rings is 1. The van der Waals surface area contributed by atoms with Gasteiger partial charge in [-0.05, 0) is 49.1 Å². The molecule has 0 bridgehead atoms. The van der Waals surface area contributed by atoms with Gasteiger partial charge in [0.15, 0.2) is 0 Å². The Kier molecular flexibility index (Phi) is 4.76. The highest BCUT2D eigenvalue weighted by atomic mass is 16.5. The molecule has 1 aromatic heterocycles. The highest BCUT2D eigenvalue weighted by Crippen LogP contribution is 2.23. The van der Waals surface area contributed by atoms with E-state index in [1.807, 2.05) is 24.3 Å². The van der Waals surface area contributed by atoms with Gasteiger partial charge in [-0.25, -0.2) is 4.98 Å². The lowest BCUT2D eigenvalue weighted by atomic mass is 10.1. The van der Waals surface area contributed by atoms with Crippen LogP contribution in [0.3, 0.4) is 0 Å². The fourth-order valence-electron chi connectivity index (χ4n) is 2.30. The van der Waals surface area contributed by atoms with Crippen LogP contribution in [0.25, 0.3) is 0 Å². The van der Waals surface area contributed by atoms with Crippen LogP contribution in [0.5, 0.6) is 5.75 Å². The Morgan fingerprint density at radius 2 is 2.04 bits per heavy atom. The largest absolute Gasteiger partial charge is 0.497 e. The van der Waals surface area contributed by atoms with Crippen molar-refractivity contribution in [1.29, 1.82) is 0 Å². The van der Waals surface area contributed by atoms with Crippen LogP contribution in [0.1, 0.15) is 28.8 Å². The number of pyridine rings is 1. The van der Waals surface area contributed by atoms with E-state index in [0.29, 0.717) is 18.2 Å². The van der Waals surface area contributed by atoms with Gasteiger partial charge < -0.3 is 15.4 Å². The minimum atomic E-state index is -0.0697. The van der Waals surface area contributed by atoms with E-state index in [-0.39, 0.29) is 5.91 Å². The molecule has 23 heavy (non-hydrogen) atoms. The molecule has 120 valence electrons. The van der Waals surface area contributed by atoms with Gasteiger partial charge >= 0.3 is 0 Å². The summed E-state index contributed by atoms with van der Waals surface area (Å²) in [5.74, 6) is 1.54. The third-order valence-electron chi connectivity index (χ3n) is 3.81. The number of hydrogen-bond acceptors (Lipinski definition) is 4. The molecule has 0 aliphatic heterocycles. The SMILES string of the molecule is COc1ccc(CCNC(=O)c2ccnc(NC3CC3)c2)cc1. The van der Waals surface area contributed by atoms with Crippen LogP contribution in [0.4, 0.5) is 5.82 Å². The fourth-order valence-corrected chi connectivity index (χ4v) is 2.30. The van der Waals surface area contributed by atoms with Crippen molar-refractivity contribution in [3.63, 3.8) is 0 Å². The van der Waals surface area contributed by atoms with Gasteiger partial charge in [0, 0.05) is 24.3 Å². The van der Waals surface area contributed by atoms with Crippen molar-refractivity contribution >= 4 is 11.7 Å². The Bertz CT molecular complexity index is 666. The average molecular weight is 311 g/mol. The van der Waals surface area contributed by atoms with E-state index in [1.165, 1.54) is 12.8 Å². The molecule has 1 heterocycles. The molecule has 1 aromatic carbocycles. The third kappa shape index (κ3) is 4.45. The third-order valence-corrected chi connectivity index (χ3v) is 3.81. The van der Waals surface area contributed by atoms with Gasteiger partial charge in [0.25, 0.3) is 5.91 Å². The van der Waals surface area contributed by atoms with E-state index >= 15 is 0 Å². The summed E-state index contributed by atoms with van der Waals surface area (Å²) in [4.78, 5) is 16.4. The van der Waals surface area contributed by atoms with E-state index in [0.717, 1.165) is 23.6 Å². The lowest BCUT2D eigenvalue weighted by molar-refractivity contribution is 0.0954. The Morgan fingerprint density at radius 1 is 1.26 bits per heavy atom. The zero-order valence-electron chi connectivity index (χ0n) is 13.2. The molecular weight excluding hydrogens is 290 g/mol. The van der Waals surface area contributed by atoms with Crippen molar-refractivity contribution < 1.29 is 9.53 Å². The standard InChI is InChI=1S/C18H21N3O2/c1-23-16-6-2-13(3-7-16)8-10-20-18(22)14-9-11-19-17(12-14)21-15-4-5-15/h2-3,6-7,9,11-12,15H,4-5,8,10H2,1H3,(H,19,21)(H,20,22). The summed E-state index contributed by atoms with van der Waals surface area (Å²) >= 11 is 0. The van der Waals surface area contributed by atoms with Crippen LogP contribution < -0.4 is 15.4 Å². The molecule has 1 amide bonds. The first-order valence-corrected chi connectivity index (χ1v) is 7.88. The van der Waals surface area contributed by atoms with Gasteiger partial charge in [-0.3, -0.25) is 4.79 Å².